The normalized spacial score (nSPS) is 12.6. The van der Waals surface area contributed by atoms with Gasteiger partial charge in [0.05, 0.1) is 5.51 Å². The van der Waals surface area contributed by atoms with Crippen LogP contribution in [0.5, 0.6) is 0 Å². The van der Waals surface area contributed by atoms with Crippen LogP contribution >= 0.6 is 11.3 Å². The van der Waals surface area contributed by atoms with E-state index in [9.17, 15) is 0 Å². The molecule has 18 heavy (non-hydrogen) atoms. The number of hydrogen-bond acceptors (Lipinski definition) is 3. The van der Waals surface area contributed by atoms with E-state index in [1.165, 1.54) is 16.0 Å². The highest BCUT2D eigenvalue weighted by Crippen LogP contribution is 2.21. The molecule has 1 N–H and O–H groups in total. The van der Waals surface area contributed by atoms with Crippen molar-refractivity contribution in [2.75, 3.05) is 6.54 Å². The number of nitrogens with one attached hydrogen (secondary N) is 1. The van der Waals surface area contributed by atoms with Gasteiger partial charge < -0.3 is 5.32 Å². The number of nitrogens with zero attached hydrogens (tertiary/aromatic N) is 1. The Morgan fingerprint density at radius 1 is 1.17 bits per heavy atom. The van der Waals surface area contributed by atoms with Crippen molar-refractivity contribution in [1.29, 1.82) is 0 Å². The van der Waals surface area contributed by atoms with Crippen LogP contribution in [-0.2, 0) is 12.8 Å². The van der Waals surface area contributed by atoms with E-state index in [-0.39, 0.29) is 0 Å². The first-order valence-electron chi connectivity index (χ1n) is 6.53. The van der Waals surface area contributed by atoms with Gasteiger partial charge in [-0.2, -0.15) is 0 Å². The summed E-state index contributed by atoms with van der Waals surface area (Å²) in [4.78, 5) is 5.49. The third-order valence-corrected chi connectivity index (χ3v) is 4.01. The van der Waals surface area contributed by atoms with Gasteiger partial charge in [-0.3, -0.25) is 4.98 Å². The largest absolute Gasteiger partial charge is 0.309 e. The van der Waals surface area contributed by atoms with Crippen molar-refractivity contribution in [2.45, 2.75) is 32.7 Å². The van der Waals surface area contributed by atoms with Crippen molar-refractivity contribution >= 4 is 11.3 Å². The zero-order chi connectivity index (χ0) is 12.8. The second-order valence-electron chi connectivity index (χ2n) is 4.39. The van der Waals surface area contributed by atoms with Gasteiger partial charge in [0.2, 0.25) is 0 Å². The molecule has 1 aromatic carbocycles. The topological polar surface area (TPSA) is 24.9 Å². The van der Waals surface area contributed by atoms with Crippen molar-refractivity contribution in [3.8, 4) is 0 Å². The Kier molecular flexibility index (Phi) is 4.90. The van der Waals surface area contributed by atoms with E-state index in [1.807, 2.05) is 11.7 Å². The zero-order valence-electron chi connectivity index (χ0n) is 11.0. The third kappa shape index (κ3) is 3.40. The van der Waals surface area contributed by atoms with Crippen LogP contribution in [0.25, 0.3) is 0 Å². The Bertz CT molecular complexity index is 448. The lowest BCUT2D eigenvalue weighted by Crippen LogP contribution is -2.22. The smallest absolute Gasteiger partial charge is 0.0794 e. The minimum atomic E-state index is 0.384. The minimum Gasteiger partial charge on any atom is -0.309 e. The average Bonchev–Trinajstić information content (AvgIpc) is 2.93. The lowest BCUT2D eigenvalue weighted by molar-refractivity contribution is 0.557. The first-order valence-corrected chi connectivity index (χ1v) is 7.41. The molecule has 0 aliphatic heterocycles. The van der Waals surface area contributed by atoms with E-state index in [1.54, 1.807) is 11.3 Å². The van der Waals surface area contributed by atoms with E-state index in [2.05, 4.69) is 48.4 Å². The van der Waals surface area contributed by atoms with Crippen molar-refractivity contribution in [3.63, 3.8) is 0 Å². The van der Waals surface area contributed by atoms with Crippen molar-refractivity contribution in [2.24, 2.45) is 0 Å². The van der Waals surface area contributed by atoms with Crippen LogP contribution in [0.3, 0.4) is 0 Å². The Morgan fingerprint density at radius 3 is 2.44 bits per heavy atom. The summed E-state index contributed by atoms with van der Waals surface area (Å²) in [6, 6.07) is 9.32. The van der Waals surface area contributed by atoms with Gasteiger partial charge in [-0.1, -0.05) is 38.1 Å². The van der Waals surface area contributed by atoms with Gasteiger partial charge >= 0.3 is 0 Å². The Hall–Kier alpha value is -1.19. The molecule has 2 rings (SSSR count). The maximum absolute atomic E-state index is 4.17. The van der Waals surface area contributed by atoms with Crippen LogP contribution in [0, 0.1) is 0 Å². The predicted octanol–water partition coefficient (Wildman–Crippen LogP) is 3.60. The molecular formula is C15H20N2S. The average molecular weight is 260 g/mol. The lowest BCUT2D eigenvalue weighted by atomic mass is 10.0. The first-order chi connectivity index (χ1) is 8.83. The fourth-order valence-corrected chi connectivity index (χ4v) is 2.76. The molecule has 1 heterocycles. The molecule has 0 fully saturated rings. The van der Waals surface area contributed by atoms with Gasteiger partial charge in [0.15, 0.2) is 0 Å². The second kappa shape index (κ2) is 6.66. The van der Waals surface area contributed by atoms with Crippen molar-refractivity contribution < 1.29 is 0 Å². The number of aryl methyl sites for hydroxylation is 1. The van der Waals surface area contributed by atoms with Crippen molar-refractivity contribution in [3.05, 3.63) is 52.0 Å². The van der Waals surface area contributed by atoms with Crippen molar-refractivity contribution in [1.82, 2.24) is 10.3 Å². The van der Waals surface area contributed by atoms with Crippen LogP contribution in [0.15, 0.2) is 36.0 Å². The van der Waals surface area contributed by atoms with Crippen LogP contribution in [0.4, 0.5) is 0 Å². The molecule has 0 spiro atoms. The summed E-state index contributed by atoms with van der Waals surface area (Å²) in [5, 5.41) is 3.53. The Balaban J connectivity index is 2.08. The lowest BCUT2D eigenvalue weighted by Gasteiger charge is -2.16. The van der Waals surface area contributed by atoms with Gasteiger partial charge in [0.25, 0.3) is 0 Å². The minimum absolute atomic E-state index is 0.384. The molecule has 96 valence electrons. The summed E-state index contributed by atoms with van der Waals surface area (Å²) in [6.07, 6.45) is 4.10. The van der Waals surface area contributed by atoms with E-state index < -0.39 is 0 Å². The van der Waals surface area contributed by atoms with Gasteiger partial charge in [0, 0.05) is 17.1 Å². The maximum atomic E-state index is 4.17. The SMILES string of the molecule is CCNC(Cc1ccc(CC)cc1)c1cncs1. The van der Waals surface area contributed by atoms with E-state index in [4.69, 9.17) is 0 Å². The number of aromatic nitrogens is 1. The quantitative estimate of drug-likeness (QED) is 0.858. The number of likely N-dealkylation sites (N-methyl/N-ethyl adjacent to an activating group) is 1. The van der Waals surface area contributed by atoms with E-state index in [0.29, 0.717) is 6.04 Å². The number of thiazole rings is 1. The molecule has 0 bridgehead atoms. The summed E-state index contributed by atoms with van der Waals surface area (Å²) in [6.45, 7) is 5.32. The molecule has 3 heteroatoms. The molecule has 2 nitrogen and oxygen atoms in total. The molecule has 1 atom stereocenters. The maximum Gasteiger partial charge on any atom is 0.0794 e. The highest BCUT2D eigenvalue weighted by molar-refractivity contribution is 7.09. The summed E-state index contributed by atoms with van der Waals surface area (Å²) in [5.74, 6) is 0. The van der Waals surface area contributed by atoms with E-state index >= 15 is 0 Å². The summed E-state index contributed by atoms with van der Waals surface area (Å²) in [7, 11) is 0. The van der Waals surface area contributed by atoms with Gasteiger partial charge in [-0.15, -0.1) is 11.3 Å². The number of hydrogen-bond donors (Lipinski definition) is 1. The fourth-order valence-electron chi connectivity index (χ4n) is 2.06. The zero-order valence-corrected chi connectivity index (χ0v) is 11.8. The molecular weight excluding hydrogens is 240 g/mol. The standard InChI is InChI=1S/C15H20N2S/c1-3-12-5-7-13(8-6-12)9-14(17-4-2)15-10-16-11-18-15/h5-8,10-11,14,17H,3-4,9H2,1-2H3. The van der Waals surface area contributed by atoms with E-state index in [0.717, 1.165) is 19.4 Å². The molecule has 0 radical (unpaired) electrons. The second-order valence-corrected chi connectivity index (χ2v) is 5.31. The summed E-state index contributed by atoms with van der Waals surface area (Å²) >= 11 is 1.72. The van der Waals surface area contributed by atoms with Gasteiger partial charge in [-0.05, 0) is 30.5 Å². The molecule has 1 aromatic heterocycles. The Morgan fingerprint density at radius 2 is 1.89 bits per heavy atom. The number of benzene rings is 1. The monoisotopic (exact) mass is 260 g/mol. The van der Waals surface area contributed by atoms with Crippen LogP contribution in [-0.4, -0.2) is 11.5 Å². The highest BCUT2D eigenvalue weighted by Gasteiger charge is 2.12. The third-order valence-electron chi connectivity index (χ3n) is 3.12. The molecule has 0 saturated carbocycles. The number of rotatable bonds is 6. The Labute approximate surface area is 113 Å². The predicted molar refractivity (Wildman–Crippen MR) is 78.1 cm³/mol. The first kappa shape index (κ1) is 13.2. The summed E-state index contributed by atoms with van der Waals surface area (Å²) in [5.41, 5.74) is 4.68. The molecule has 0 aliphatic carbocycles. The van der Waals surface area contributed by atoms with Crippen LogP contribution < -0.4 is 5.32 Å². The summed E-state index contributed by atoms with van der Waals surface area (Å²) < 4.78 is 0. The molecule has 0 aliphatic rings. The fraction of sp³-hybridized carbons (Fsp3) is 0.400. The van der Waals surface area contributed by atoms with Gasteiger partial charge in [0.1, 0.15) is 0 Å². The van der Waals surface area contributed by atoms with Crippen LogP contribution in [0.2, 0.25) is 0 Å². The highest BCUT2D eigenvalue weighted by atomic mass is 32.1. The van der Waals surface area contributed by atoms with Crippen LogP contribution in [0.1, 0.15) is 35.9 Å². The molecule has 1 unspecified atom stereocenters. The molecule has 2 aromatic rings. The molecule has 0 amide bonds. The molecule has 0 saturated heterocycles. The van der Waals surface area contributed by atoms with Gasteiger partial charge in [-0.25, -0.2) is 0 Å².